The number of hydrogen-bond acceptors (Lipinski definition) is 5. The van der Waals surface area contributed by atoms with Crippen LogP contribution in [0.5, 0.6) is 5.75 Å². The third-order valence-electron chi connectivity index (χ3n) is 6.22. The lowest BCUT2D eigenvalue weighted by Gasteiger charge is -2.29. The number of phenols is 1. The van der Waals surface area contributed by atoms with E-state index in [1.54, 1.807) is 22.3 Å². The number of nitrogens with zero attached hydrogens (tertiary/aromatic N) is 1. The van der Waals surface area contributed by atoms with E-state index >= 15 is 0 Å². The molecule has 3 heterocycles. The van der Waals surface area contributed by atoms with Gasteiger partial charge in [-0.15, -0.1) is 11.3 Å². The molecule has 2 aromatic rings. The Morgan fingerprint density at radius 2 is 2.03 bits per heavy atom. The van der Waals surface area contributed by atoms with Gasteiger partial charge < -0.3 is 25.5 Å². The van der Waals surface area contributed by atoms with Gasteiger partial charge in [0.2, 0.25) is 0 Å². The zero-order valence-corrected chi connectivity index (χ0v) is 18.4. The molecule has 0 spiro atoms. The third-order valence-corrected chi connectivity index (χ3v) is 7.39. The van der Waals surface area contributed by atoms with Crippen molar-refractivity contribution >= 4 is 27.9 Å². The maximum absolute atomic E-state index is 13.0. The highest BCUT2D eigenvalue weighted by Crippen LogP contribution is 2.40. The van der Waals surface area contributed by atoms with Crippen LogP contribution in [0.4, 0.5) is 10.7 Å². The van der Waals surface area contributed by atoms with E-state index in [2.05, 4.69) is 43.2 Å². The third kappa shape index (κ3) is 3.57. The first-order chi connectivity index (χ1) is 13.9. The Bertz CT molecular complexity index is 920. The number of fused-ring (bicyclic) bond motifs is 3. The van der Waals surface area contributed by atoms with Crippen molar-refractivity contribution in [1.29, 1.82) is 0 Å². The number of benzene rings is 1. The minimum atomic E-state index is -0.422. The van der Waals surface area contributed by atoms with E-state index in [4.69, 9.17) is 0 Å². The summed E-state index contributed by atoms with van der Waals surface area (Å²) >= 11 is 1.70. The van der Waals surface area contributed by atoms with Crippen LogP contribution < -0.4 is 20.4 Å². The van der Waals surface area contributed by atoms with Crippen LogP contribution in [0, 0.1) is 0 Å². The number of quaternary nitrogens is 1. The molecule has 156 valence electrons. The van der Waals surface area contributed by atoms with Gasteiger partial charge in [0.05, 0.1) is 23.0 Å². The van der Waals surface area contributed by atoms with E-state index in [1.165, 1.54) is 10.4 Å². The second-order valence-electron chi connectivity index (χ2n) is 8.16. The second-order valence-corrected chi connectivity index (χ2v) is 9.27. The van der Waals surface area contributed by atoms with Crippen molar-refractivity contribution in [3.8, 4) is 5.75 Å². The number of thiophene rings is 1. The van der Waals surface area contributed by atoms with Crippen molar-refractivity contribution in [3.63, 3.8) is 0 Å². The fourth-order valence-corrected chi connectivity index (χ4v) is 5.75. The van der Waals surface area contributed by atoms with E-state index in [9.17, 15) is 9.90 Å². The predicted octanol–water partition coefficient (Wildman–Crippen LogP) is 2.50. The van der Waals surface area contributed by atoms with Gasteiger partial charge in [0.25, 0.3) is 5.91 Å². The maximum atomic E-state index is 13.0. The molecule has 1 aromatic heterocycles. The molecule has 1 aromatic carbocycles. The standard InChI is InChI=1S/C22H30N4O2S/c1-5-25(6-2)14-7-8-15(17(27)11-14)20-23-21(28)19-16-9-10-26(13(3)4)12-18(16)29-22(19)24-20/h7-8,11,13,20,24,27H,5-6,9-10,12H2,1-4H3,(H,23,28)/p+1/t20-/m1/s1. The van der Waals surface area contributed by atoms with Crippen LogP contribution in [0.15, 0.2) is 18.2 Å². The lowest BCUT2D eigenvalue weighted by atomic mass is 9.99. The Labute approximate surface area is 176 Å². The molecule has 0 aliphatic carbocycles. The maximum Gasteiger partial charge on any atom is 0.256 e. The molecule has 6 nitrogen and oxygen atoms in total. The minimum Gasteiger partial charge on any atom is -0.507 e. The van der Waals surface area contributed by atoms with Gasteiger partial charge in [-0.1, -0.05) is 0 Å². The highest BCUT2D eigenvalue weighted by Gasteiger charge is 2.35. The monoisotopic (exact) mass is 415 g/mol. The van der Waals surface area contributed by atoms with Crippen molar-refractivity contribution in [2.45, 2.75) is 52.9 Å². The van der Waals surface area contributed by atoms with Crippen molar-refractivity contribution < 1.29 is 14.8 Å². The van der Waals surface area contributed by atoms with Gasteiger partial charge in [0, 0.05) is 36.8 Å². The topological polar surface area (TPSA) is 69.0 Å². The fraction of sp³-hybridized carbons (Fsp3) is 0.500. The smallest absolute Gasteiger partial charge is 0.256 e. The zero-order chi connectivity index (χ0) is 20.7. The summed E-state index contributed by atoms with van der Waals surface area (Å²) in [6, 6.07) is 6.28. The Hall–Kier alpha value is -2.25. The molecule has 2 aliphatic rings. The van der Waals surface area contributed by atoms with Crippen LogP contribution in [0.3, 0.4) is 0 Å². The molecule has 0 fully saturated rings. The van der Waals surface area contributed by atoms with Gasteiger partial charge in [-0.2, -0.15) is 0 Å². The molecule has 2 aliphatic heterocycles. The molecule has 2 atom stereocenters. The number of phenolic OH excluding ortho intramolecular Hbond substituents is 1. The quantitative estimate of drug-likeness (QED) is 0.606. The number of amides is 1. The van der Waals surface area contributed by atoms with Crippen molar-refractivity contribution in [1.82, 2.24) is 5.32 Å². The SMILES string of the molecule is CCN(CC)c1ccc([C@@H]2NC(=O)c3c(sc4c3CC[NH+](C(C)C)C4)N2)c(O)c1. The molecule has 1 amide bonds. The molecular weight excluding hydrogens is 384 g/mol. The average molecular weight is 416 g/mol. The average Bonchev–Trinajstić information content (AvgIpc) is 3.07. The van der Waals surface area contributed by atoms with Gasteiger partial charge in [-0.3, -0.25) is 4.79 Å². The van der Waals surface area contributed by atoms with Gasteiger partial charge in [0.1, 0.15) is 23.5 Å². The highest BCUT2D eigenvalue weighted by molar-refractivity contribution is 7.16. The van der Waals surface area contributed by atoms with Crippen LogP contribution in [0.1, 0.15) is 60.2 Å². The van der Waals surface area contributed by atoms with Crippen LogP contribution in [-0.2, 0) is 13.0 Å². The number of nitrogens with one attached hydrogen (secondary N) is 3. The molecule has 4 N–H and O–H groups in total. The normalized spacial score (nSPS) is 20.7. The number of hydrogen-bond donors (Lipinski definition) is 4. The number of carbonyl (C=O) groups excluding carboxylic acids is 1. The van der Waals surface area contributed by atoms with Crippen LogP contribution >= 0.6 is 11.3 Å². The van der Waals surface area contributed by atoms with Crippen molar-refractivity contribution in [2.75, 3.05) is 29.9 Å². The molecule has 4 rings (SSSR count). The lowest BCUT2D eigenvalue weighted by molar-refractivity contribution is -0.936. The van der Waals surface area contributed by atoms with Gasteiger partial charge in [-0.05, 0) is 45.4 Å². The number of aromatic hydroxyl groups is 1. The minimum absolute atomic E-state index is 0.0403. The van der Waals surface area contributed by atoms with Crippen LogP contribution in [-0.4, -0.2) is 36.7 Å². The second kappa shape index (κ2) is 7.88. The lowest BCUT2D eigenvalue weighted by Crippen LogP contribution is -3.14. The van der Waals surface area contributed by atoms with E-state index in [-0.39, 0.29) is 11.7 Å². The summed E-state index contributed by atoms with van der Waals surface area (Å²) in [4.78, 5) is 18.0. The molecule has 1 unspecified atom stereocenters. The Balaban J connectivity index is 1.61. The van der Waals surface area contributed by atoms with Gasteiger partial charge in [0.15, 0.2) is 0 Å². The first-order valence-electron chi connectivity index (χ1n) is 10.6. The molecule has 7 heteroatoms. The number of anilines is 2. The van der Waals surface area contributed by atoms with E-state index in [1.807, 2.05) is 12.1 Å². The van der Waals surface area contributed by atoms with E-state index < -0.39 is 6.17 Å². The summed E-state index contributed by atoms with van der Waals surface area (Å²) in [5.74, 6) is 0.161. The molecule has 0 radical (unpaired) electrons. The zero-order valence-electron chi connectivity index (χ0n) is 17.6. The van der Waals surface area contributed by atoms with Crippen molar-refractivity contribution in [2.24, 2.45) is 0 Å². The Kier molecular flexibility index (Phi) is 5.44. The van der Waals surface area contributed by atoms with Crippen LogP contribution in [0.25, 0.3) is 0 Å². The summed E-state index contributed by atoms with van der Waals surface area (Å²) in [5.41, 5.74) is 3.70. The Morgan fingerprint density at radius 1 is 1.28 bits per heavy atom. The molecule has 29 heavy (non-hydrogen) atoms. The first kappa shape index (κ1) is 20.0. The number of carbonyl (C=O) groups is 1. The summed E-state index contributed by atoms with van der Waals surface area (Å²) in [6.45, 7) is 12.5. The largest absolute Gasteiger partial charge is 0.507 e. The number of rotatable bonds is 5. The molecular formula is C22H31N4O2S+. The van der Waals surface area contributed by atoms with E-state index in [0.29, 0.717) is 11.6 Å². The fourth-order valence-electron chi connectivity index (χ4n) is 4.42. The first-order valence-corrected chi connectivity index (χ1v) is 11.4. The van der Waals surface area contributed by atoms with Gasteiger partial charge in [-0.25, -0.2) is 0 Å². The predicted molar refractivity (Wildman–Crippen MR) is 118 cm³/mol. The molecule has 0 saturated heterocycles. The summed E-state index contributed by atoms with van der Waals surface area (Å²) in [6.07, 6.45) is 0.521. The summed E-state index contributed by atoms with van der Waals surface area (Å²) in [7, 11) is 0. The Morgan fingerprint density at radius 3 is 2.69 bits per heavy atom. The molecule has 0 bridgehead atoms. The van der Waals surface area contributed by atoms with Crippen molar-refractivity contribution in [3.05, 3.63) is 39.8 Å². The van der Waals surface area contributed by atoms with Crippen LogP contribution in [0.2, 0.25) is 0 Å². The molecule has 0 saturated carbocycles. The highest BCUT2D eigenvalue weighted by atomic mass is 32.1. The van der Waals surface area contributed by atoms with Gasteiger partial charge >= 0.3 is 0 Å². The summed E-state index contributed by atoms with van der Waals surface area (Å²) < 4.78 is 0. The summed E-state index contributed by atoms with van der Waals surface area (Å²) in [5, 5.41) is 18.1. The van der Waals surface area contributed by atoms with E-state index in [0.717, 1.165) is 48.9 Å².